The fourth-order valence-corrected chi connectivity index (χ4v) is 2.31. The summed E-state index contributed by atoms with van der Waals surface area (Å²) in [5.74, 6) is 0.0621. The summed E-state index contributed by atoms with van der Waals surface area (Å²) < 4.78 is 10.5. The maximum atomic E-state index is 12.1. The molecular formula is C14H19N3O4. The summed E-state index contributed by atoms with van der Waals surface area (Å²) in [4.78, 5) is 31.2. The summed E-state index contributed by atoms with van der Waals surface area (Å²) in [5, 5.41) is 0. The number of nitrogens with zero attached hydrogens (tertiary/aromatic N) is 3. The van der Waals surface area contributed by atoms with E-state index in [-0.39, 0.29) is 6.54 Å². The molecule has 1 saturated heterocycles. The lowest BCUT2D eigenvalue weighted by atomic mass is 10.2. The average Bonchev–Trinajstić information content (AvgIpc) is 2.51. The summed E-state index contributed by atoms with van der Waals surface area (Å²) in [5.41, 5.74) is 0.572. The van der Waals surface area contributed by atoms with Gasteiger partial charge in [-0.2, -0.15) is 0 Å². The van der Waals surface area contributed by atoms with Crippen LogP contribution in [0.4, 0.5) is 0 Å². The van der Waals surface area contributed by atoms with Crippen LogP contribution < -0.4 is 9.47 Å². The van der Waals surface area contributed by atoms with Crippen molar-refractivity contribution in [3.05, 3.63) is 18.0 Å². The van der Waals surface area contributed by atoms with Crippen LogP contribution in [-0.4, -0.2) is 60.5 Å². The Bertz CT molecular complexity index is 547. The molecular weight excluding hydrogens is 274 g/mol. The van der Waals surface area contributed by atoms with Crippen LogP contribution in [0.25, 0.3) is 0 Å². The monoisotopic (exact) mass is 293 g/mol. The van der Waals surface area contributed by atoms with Gasteiger partial charge in [0.15, 0.2) is 11.5 Å². The lowest BCUT2D eigenvalue weighted by Crippen LogP contribution is -2.53. The molecule has 7 nitrogen and oxygen atoms in total. The number of hydrogen-bond donors (Lipinski definition) is 0. The number of ether oxygens (including phenoxy) is 2. The van der Waals surface area contributed by atoms with E-state index in [2.05, 4.69) is 4.98 Å². The third-order valence-electron chi connectivity index (χ3n) is 3.49. The molecule has 0 unspecified atom stereocenters. The zero-order chi connectivity index (χ0) is 15.4. The molecule has 0 spiro atoms. The van der Waals surface area contributed by atoms with Gasteiger partial charge in [-0.3, -0.25) is 14.6 Å². The van der Waals surface area contributed by atoms with Gasteiger partial charge in [-0.05, 0) is 6.92 Å². The molecule has 1 aliphatic rings. The summed E-state index contributed by atoms with van der Waals surface area (Å²) in [7, 11) is 3.06. The Balaban J connectivity index is 2.19. The van der Waals surface area contributed by atoms with Gasteiger partial charge in [0.05, 0.1) is 20.8 Å². The molecule has 0 aliphatic carbocycles. The van der Waals surface area contributed by atoms with Crippen molar-refractivity contribution in [2.75, 3.05) is 33.9 Å². The quantitative estimate of drug-likeness (QED) is 0.730. The summed E-state index contributed by atoms with van der Waals surface area (Å²) in [6.45, 7) is 3.64. The van der Waals surface area contributed by atoms with Gasteiger partial charge in [-0.1, -0.05) is 0 Å². The number of rotatable bonds is 5. The standard InChI is InChI=1S/C14H19N3O4/c1-4-16-7-8-17(14(19)13(16)18)9-10-12(21-3)11(20-2)5-6-15-10/h5-6H,4,7-9H2,1-3H3. The molecule has 1 aromatic rings. The second kappa shape index (κ2) is 6.43. The van der Waals surface area contributed by atoms with E-state index in [9.17, 15) is 9.59 Å². The minimum absolute atomic E-state index is 0.225. The van der Waals surface area contributed by atoms with E-state index in [1.54, 1.807) is 12.3 Å². The largest absolute Gasteiger partial charge is 0.493 e. The Kier molecular flexibility index (Phi) is 4.62. The summed E-state index contributed by atoms with van der Waals surface area (Å²) in [6.07, 6.45) is 1.59. The third kappa shape index (κ3) is 2.91. The van der Waals surface area contributed by atoms with Gasteiger partial charge in [0.2, 0.25) is 0 Å². The number of pyridine rings is 1. The van der Waals surface area contributed by atoms with Gasteiger partial charge in [0.1, 0.15) is 5.69 Å². The number of likely N-dealkylation sites (N-methyl/N-ethyl adjacent to an activating group) is 1. The molecule has 0 saturated carbocycles. The Morgan fingerprint density at radius 2 is 1.81 bits per heavy atom. The molecule has 2 heterocycles. The molecule has 21 heavy (non-hydrogen) atoms. The number of methoxy groups -OCH3 is 2. The molecule has 114 valence electrons. The van der Waals surface area contributed by atoms with Gasteiger partial charge in [-0.15, -0.1) is 0 Å². The van der Waals surface area contributed by atoms with Crippen molar-refractivity contribution in [2.24, 2.45) is 0 Å². The molecule has 1 aromatic heterocycles. The molecule has 7 heteroatoms. The summed E-state index contributed by atoms with van der Waals surface area (Å²) in [6, 6.07) is 1.68. The topological polar surface area (TPSA) is 72.0 Å². The van der Waals surface area contributed by atoms with Crippen LogP contribution in [0.2, 0.25) is 0 Å². The fraction of sp³-hybridized carbons (Fsp3) is 0.500. The van der Waals surface area contributed by atoms with E-state index in [1.807, 2.05) is 6.92 Å². The van der Waals surface area contributed by atoms with E-state index in [1.165, 1.54) is 24.0 Å². The van der Waals surface area contributed by atoms with E-state index < -0.39 is 11.8 Å². The molecule has 2 rings (SSSR count). The molecule has 1 fully saturated rings. The van der Waals surface area contributed by atoms with E-state index >= 15 is 0 Å². The highest BCUT2D eigenvalue weighted by Crippen LogP contribution is 2.30. The molecule has 1 aliphatic heterocycles. The highest BCUT2D eigenvalue weighted by atomic mass is 16.5. The zero-order valence-electron chi connectivity index (χ0n) is 12.5. The fourth-order valence-electron chi connectivity index (χ4n) is 2.31. The smallest absolute Gasteiger partial charge is 0.312 e. The highest BCUT2D eigenvalue weighted by Gasteiger charge is 2.32. The van der Waals surface area contributed by atoms with Gasteiger partial charge >= 0.3 is 11.8 Å². The number of aromatic nitrogens is 1. The first kappa shape index (κ1) is 15.1. The van der Waals surface area contributed by atoms with Gasteiger partial charge in [-0.25, -0.2) is 0 Å². The number of amides is 2. The van der Waals surface area contributed by atoms with Crippen LogP contribution in [0.5, 0.6) is 11.5 Å². The number of carbonyl (C=O) groups excluding carboxylic acids is 2. The van der Waals surface area contributed by atoms with Crippen molar-refractivity contribution in [1.82, 2.24) is 14.8 Å². The van der Waals surface area contributed by atoms with Crippen molar-refractivity contribution >= 4 is 11.8 Å². The van der Waals surface area contributed by atoms with Crippen LogP contribution in [0, 0.1) is 0 Å². The molecule has 0 atom stereocenters. The normalized spacial score (nSPS) is 15.4. The molecule has 0 N–H and O–H groups in total. The molecule has 0 aromatic carbocycles. The van der Waals surface area contributed by atoms with Crippen molar-refractivity contribution < 1.29 is 19.1 Å². The lowest BCUT2D eigenvalue weighted by Gasteiger charge is -2.33. The lowest BCUT2D eigenvalue weighted by molar-refractivity contribution is -0.156. The van der Waals surface area contributed by atoms with Crippen molar-refractivity contribution in [3.63, 3.8) is 0 Å². The number of piperazine rings is 1. The Morgan fingerprint density at radius 3 is 2.43 bits per heavy atom. The van der Waals surface area contributed by atoms with Crippen LogP contribution in [-0.2, 0) is 16.1 Å². The Morgan fingerprint density at radius 1 is 1.14 bits per heavy atom. The van der Waals surface area contributed by atoms with Crippen LogP contribution in [0.1, 0.15) is 12.6 Å². The first-order valence-corrected chi connectivity index (χ1v) is 6.76. The maximum Gasteiger partial charge on any atom is 0.312 e. The van der Waals surface area contributed by atoms with Crippen LogP contribution in [0.15, 0.2) is 12.3 Å². The zero-order valence-corrected chi connectivity index (χ0v) is 12.5. The van der Waals surface area contributed by atoms with E-state index in [0.29, 0.717) is 36.8 Å². The second-order valence-electron chi connectivity index (χ2n) is 4.60. The van der Waals surface area contributed by atoms with Gasteiger partial charge < -0.3 is 19.3 Å². The minimum atomic E-state index is -0.505. The maximum absolute atomic E-state index is 12.1. The minimum Gasteiger partial charge on any atom is -0.493 e. The van der Waals surface area contributed by atoms with Crippen LogP contribution >= 0.6 is 0 Å². The predicted octanol–water partition coefficient (Wildman–Crippen LogP) is 0.289. The number of hydrogen-bond acceptors (Lipinski definition) is 5. The molecule has 0 radical (unpaired) electrons. The van der Waals surface area contributed by atoms with Crippen molar-refractivity contribution in [3.8, 4) is 11.5 Å². The predicted molar refractivity (Wildman–Crippen MR) is 75.0 cm³/mol. The van der Waals surface area contributed by atoms with Crippen LogP contribution in [0.3, 0.4) is 0 Å². The summed E-state index contributed by atoms with van der Waals surface area (Å²) >= 11 is 0. The first-order chi connectivity index (χ1) is 10.1. The first-order valence-electron chi connectivity index (χ1n) is 6.76. The molecule has 0 bridgehead atoms. The number of carbonyl (C=O) groups is 2. The highest BCUT2D eigenvalue weighted by molar-refractivity contribution is 6.35. The molecule has 2 amide bonds. The van der Waals surface area contributed by atoms with Crippen molar-refractivity contribution in [2.45, 2.75) is 13.5 Å². The second-order valence-corrected chi connectivity index (χ2v) is 4.60. The van der Waals surface area contributed by atoms with Crippen molar-refractivity contribution in [1.29, 1.82) is 0 Å². The van der Waals surface area contributed by atoms with Gasteiger partial charge in [0.25, 0.3) is 0 Å². The Labute approximate surface area is 123 Å². The SMILES string of the molecule is CCN1CCN(Cc2nccc(OC)c2OC)C(=O)C1=O. The van der Waals surface area contributed by atoms with E-state index in [0.717, 1.165) is 0 Å². The van der Waals surface area contributed by atoms with E-state index in [4.69, 9.17) is 9.47 Å². The third-order valence-corrected chi connectivity index (χ3v) is 3.49. The average molecular weight is 293 g/mol. The van der Waals surface area contributed by atoms with Gasteiger partial charge in [0, 0.05) is 31.9 Å². The Hall–Kier alpha value is -2.31.